The van der Waals surface area contributed by atoms with Crippen LogP contribution in [-0.2, 0) is 4.74 Å². The van der Waals surface area contributed by atoms with Crippen LogP contribution >= 0.6 is 23.2 Å². The van der Waals surface area contributed by atoms with Crippen molar-refractivity contribution < 1.29 is 9.47 Å². The Morgan fingerprint density at radius 3 is 2.58 bits per heavy atom. The maximum absolute atomic E-state index is 12.1. The topological polar surface area (TPSA) is 156 Å². The highest BCUT2D eigenvalue weighted by Crippen LogP contribution is 2.37. The lowest BCUT2D eigenvalue weighted by Gasteiger charge is -2.13. The van der Waals surface area contributed by atoms with Gasteiger partial charge in [0.2, 0.25) is 11.6 Å². The maximum atomic E-state index is 12.1. The Labute approximate surface area is 182 Å². The number of ether oxygens (including phenoxy) is 2. The zero-order valence-corrected chi connectivity index (χ0v) is 17.0. The lowest BCUT2D eigenvalue weighted by molar-refractivity contribution is 0.193. The van der Waals surface area contributed by atoms with E-state index < -0.39 is 16.9 Å². The largest absolute Gasteiger partial charge is 0.434 e. The van der Waals surface area contributed by atoms with Crippen molar-refractivity contribution in [3.8, 4) is 23.4 Å². The number of aromatic amines is 2. The van der Waals surface area contributed by atoms with Crippen molar-refractivity contribution in [1.29, 1.82) is 5.26 Å². The minimum absolute atomic E-state index is 0.000317. The molecule has 1 aliphatic rings. The molecule has 0 amide bonds. The molecule has 2 N–H and O–H groups in total. The summed E-state index contributed by atoms with van der Waals surface area (Å²) in [7, 11) is 0. The smallest absolute Gasteiger partial charge is 0.349 e. The monoisotopic (exact) mass is 462 g/mol. The van der Waals surface area contributed by atoms with Gasteiger partial charge in [0.25, 0.3) is 11.1 Å². The quantitative estimate of drug-likeness (QED) is 0.590. The predicted molar refractivity (Wildman–Crippen MR) is 108 cm³/mol. The zero-order valence-electron chi connectivity index (χ0n) is 15.5. The average molecular weight is 463 g/mol. The van der Waals surface area contributed by atoms with Gasteiger partial charge in [-0.1, -0.05) is 23.2 Å². The summed E-state index contributed by atoms with van der Waals surface area (Å²) in [4.78, 5) is 37.7. The number of hydrogen-bond acceptors (Lipinski definition) is 8. The maximum Gasteiger partial charge on any atom is 0.349 e. The van der Waals surface area contributed by atoms with Crippen LogP contribution in [0.15, 0.2) is 32.6 Å². The minimum Gasteiger partial charge on any atom is -0.434 e. The number of nitrogens with zero attached hydrogens (tertiary/aromatic N) is 4. The first-order valence-electron chi connectivity index (χ1n) is 8.85. The molecule has 31 heavy (non-hydrogen) atoms. The van der Waals surface area contributed by atoms with Crippen molar-refractivity contribution in [1.82, 2.24) is 25.0 Å². The molecule has 3 heterocycles. The first-order valence-corrected chi connectivity index (χ1v) is 9.61. The van der Waals surface area contributed by atoms with Crippen molar-refractivity contribution in [3.63, 3.8) is 0 Å². The van der Waals surface area contributed by atoms with Gasteiger partial charge in [-0.15, -0.1) is 10.2 Å². The van der Waals surface area contributed by atoms with Gasteiger partial charge in [-0.25, -0.2) is 9.89 Å². The van der Waals surface area contributed by atoms with Gasteiger partial charge in [-0.3, -0.25) is 14.6 Å². The highest BCUT2D eigenvalue weighted by Gasteiger charge is 2.22. The van der Waals surface area contributed by atoms with E-state index in [-0.39, 0.29) is 38.8 Å². The Bertz CT molecular complexity index is 1360. The van der Waals surface area contributed by atoms with E-state index >= 15 is 0 Å². The molecule has 1 saturated heterocycles. The van der Waals surface area contributed by atoms with Gasteiger partial charge in [-0.2, -0.15) is 9.94 Å². The second-order valence-electron chi connectivity index (χ2n) is 6.52. The minimum atomic E-state index is -0.909. The lowest BCUT2D eigenvalue weighted by Crippen LogP contribution is -2.33. The number of H-pyrrole nitrogens is 2. The molecule has 3 aromatic rings. The molecule has 1 unspecified atom stereocenters. The van der Waals surface area contributed by atoms with Gasteiger partial charge in [0.05, 0.1) is 22.3 Å². The molecule has 0 saturated carbocycles. The Kier molecular flexibility index (Phi) is 5.60. The van der Waals surface area contributed by atoms with E-state index in [2.05, 4.69) is 15.3 Å². The van der Waals surface area contributed by atoms with Crippen LogP contribution in [0.4, 0.5) is 0 Å². The van der Waals surface area contributed by atoms with Crippen LogP contribution in [0.2, 0.25) is 10.0 Å². The molecular formula is C18H12Cl2N6O5. The van der Waals surface area contributed by atoms with Gasteiger partial charge in [0, 0.05) is 24.2 Å². The first-order chi connectivity index (χ1) is 14.9. The summed E-state index contributed by atoms with van der Waals surface area (Å²) in [5.74, 6) is 0.0114. The summed E-state index contributed by atoms with van der Waals surface area (Å²) in [5.41, 5.74) is -2.07. The van der Waals surface area contributed by atoms with E-state index in [4.69, 9.17) is 37.9 Å². The molecular weight excluding hydrogens is 451 g/mol. The molecule has 158 valence electrons. The molecule has 0 bridgehead atoms. The summed E-state index contributed by atoms with van der Waals surface area (Å²) in [6.07, 6.45) is 0.703. The first kappa shape index (κ1) is 20.8. The molecule has 2 aromatic heterocycles. The molecule has 1 aliphatic heterocycles. The molecule has 0 aliphatic carbocycles. The second-order valence-corrected chi connectivity index (χ2v) is 7.34. The van der Waals surface area contributed by atoms with Crippen LogP contribution in [-0.4, -0.2) is 38.2 Å². The average Bonchev–Trinajstić information content (AvgIpc) is 3.26. The molecule has 1 atom stereocenters. The fraction of sp³-hybridized carbons (Fsp3) is 0.222. The third-order valence-electron chi connectivity index (χ3n) is 4.55. The standard InChI is InChI=1S/C18H12Cl2N6O5/c19-11-3-9(26-18(29)22-17(28)13(6-21)25-26)4-12(20)15(11)31-14-5-10(16(27)24-23-14)8-1-2-30-7-8/h3-5,8H,1-2,7H2,(H,24,27)(H,22,28,29). The Morgan fingerprint density at radius 1 is 1.19 bits per heavy atom. The summed E-state index contributed by atoms with van der Waals surface area (Å²) in [5, 5.41) is 18.9. The number of hydrogen-bond donors (Lipinski definition) is 2. The van der Waals surface area contributed by atoms with Crippen molar-refractivity contribution in [2.45, 2.75) is 12.3 Å². The van der Waals surface area contributed by atoms with Crippen LogP contribution < -0.4 is 21.5 Å². The molecule has 0 spiro atoms. The zero-order chi connectivity index (χ0) is 22.1. The van der Waals surface area contributed by atoms with Crippen LogP contribution in [0.25, 0.3) is 5.69 Å². The summed E-state index contributed by atoms with van der Waals surface area (Å²) in [6.45, 7) is 0.988. The van der Waals surface area contributed by atoms with E-state index in [0.717, 1.165) is 4.68 Å². The van der Waals surface area contributed by atoms with E-state index in [0.29, 0.717) is 25.2 Å². The number of nitriles is 1. The summed E-state index contributed by atoms with van der Waals surface area (Å²) in [6, 6.07) is 5.71. The van der Waals surface area contributed by atoms with Gasteiger partial charge >= 0.3 is 5.69 Å². The van der Waals surface area contributed by atoms with Crippen LogP contribution in [0.1, 0.15) is 23.6 Å². The highest BCUT2D eigenvalue weighted by molar-refractivity contribution is 6.37. The Morgan fingerprint density at radius 2 is 1.94 bits per heavy atom. The van der Waals surface area contributed by atoms with E-state index in [9.17, 15) is 14.4 Å². The Balaban J connectivity index is 1.70. The van der Waals surface area contributed by atoms with E-state index in [1.165, 1.54) is 18.2 Å². The van der Waals surface area contributed by atoms with Gasteiger partial charge in [0.15, 0.2) is 5.75 Å². The van der Waals surface area contributed by atoms with Crippen molar-refractivity contribution in [2.75, 3.05) is 13.2 Å². The molecule has 0 radical (unpaired) electrons. The van der Waals surface area contributed by atoms with Crippen LogP contribution in [0, 0.1) is 11.3 Å². The highest BCUT2D eigenvalue weighted by atomic mass is 35.5. The van der Waals surface area contributed by atoms with Crippen LogP contribution in [0.3, 0.4) is 0 Å². The van der Waals surface area contributed by atoms with Crippen LogP contribution in [0.5, 0.6) is 11.6 Å². The third-order valence-corrected chi connectivity index (χ3v) is 5.11. The normalized spacial score (nSPS) is 15.6. The fourth-order valence-corrected chi connectivity index (χ4v) is 3.61. The fourth-order valence-electron chi connectivity index (χ4n) is 3.06. The molecule has 4 rings (SSSR count). The number of benzene rings is 1. The number of halogens is 2. The Hall–Kier alpha value is -3.46. The molecule has 1 aromatic carbocycles. The second kappa shape index (κ2) is 8.35. The predicted octanol–water partition coefficient (Wildman–Crippen LogP) is 1.48. The number of aromatic nitrogens is 5. The third kappa shape index (κ3) is 4.09. The van der Waals surface area contributed by atoms with Crippen molar-refractivity contribution in [3.05, 3.63) is 70.7 Å². The van der Waals surface area contributed by atoms with Crippen molar-refractivity contribution in [2.24, 2.45) is 0 Å². The van der Waals surface area contributed by atoms with E-state index in [1.54, 1.807) is 6.07 Å². The molecule has 11 nitrogen and oxygen atoms in total. The number of rotatable bonds is 4. The molecule has 13 heteroatoms. The van der Waals surface area contributed by atoms with Gasteiger partial charge in [0.1, 0.15) is 6.07 Å². The van der Waals surface area contributed by atoms with Gasteiger partial charge in [-0.05, 0) is 18.6 Å². The summed E-state index contributed by atoms with van der Waals surface area (Å²) < 4.78 is 11.8. The van der Waals surface area contributed by atoms with Crippen molar-refractivity contribution >= 4 is 23.2 Å². The van der Waals surface area contributed by atoms with E-state index in [1.807, 2.05) is 4.98 Å². The lowest BCUT2D eigenvalue weighted by atomic mass is 10.0. The SMILES string of the molecule is N#Cc1nn(-c2cc(Cl)c(Oc3cc(C4CCOC4)c(=O)[nH]n3)c(Cl)c2)c(=O)[nH]c1=O. The molecule has 1 fully saturated rings. The van der Waals surface area contributed by atoms with Gasteiger partial charge < -0.3 is 9.47 Å². The number of nitrogens with one attached hydrogen (secondary N) is 2. The summed E-state index contributed by atoms with van der Waals surface area (Å²) >= 11 is 12.6.